The van der Waals surface area contributed by atoms with E-state index in [1.165, 1.54) is 18.2 Å². The van der Waals surface area contributed by atoms with Gasteiger partial charge in [-0.1, -0.05) is 12.1 Å². The van der Waals surface area contributed by atoms with Crippen molar-refractivity contribution in [2.75, 3.05) is 5.73 Å². The van der Waals surface area contributed by atoms with E-state index in [2.05, 4.69) is 4.98 Å². The summed E-state index contributed by atoms with van der Waals surface area (Å²) >= 11 is 0. The molecular weight excluding hydrogens is 234 g/mol. The average molecular weight is 244 g/mol. The molecule has 3 N–H and O–H groups in total. The molecule has 90 valence electrons. The first-order chi connectivity index (χ1) is 8.63. The molecule has 0 saturated heterocycles. The highest BCUT2D eigenvalue weighted by Gasteiger charge is 2.07. The number of halogens is 2. The molecule has 3 aromatic rings. The summed E-state index contributed by atoms with van der Waals surface area (Å²) in [5.74, 6) is -0.771. The van der Waals surface area contributed by atoms with Crippen LogP contribution in [-0.4, -0.2) is 4.98 Å². The molecule has 3 rings (SSSR count). The molecule has 0 radical (unpaired) electrons. The van der Waals surface area contributed by atoms with E-state index in [0.29, 0.717) is 11.1 Å². The molecule has 1 aromatic heterocycles. The minimum atomic E-state index is -0.463. The summed E-state index contributed by atoms with van der Waals surface area (Å²) in [6, 6.07) is 10.9. The summed E-state index contributed by atoms with van der Waals surface area (Å²) in [6.07, 6.45) is 0. The van der Waals surface area contributed by atoms with Crippen molar-refractivity contribution in [1.29, 1.82) is 0 Å². The monoisotopic (exact) mass is 244 g/mol. The van der Waals surface area contributed by atoms with E-state index in [0.717, 1.165) is 11.1 Å². The molecule has 0 bridgehead atoms. The van der Waals surface area contributed by atoms with E-state index >= 15 is 0 Å². The molecular formula is C14H10F2N2. The van der Waals surface area contributed by atoms with E-state index in [-0.39, 0.29) is 11.5 Å². The molecule has 2 nitrogen and oxygen atoms in total. The summed E-state index contributed by atoms with van der Waals surface area (Å²) in [5.41, 5.74) is 7.70. The van der Waals surface area contributed by atoms with Crippen LogP contribution in [0.15, 0.2) is 42.5 Å². The lowest BCUT2D eigenvalue weighted by molar-refractivity contribution is 0.628. The Balaban J connectivity index is 2.19. The maximum atomic E-state index is 13.3. The largest absolute Gasteiger partial charge is 0.396 e. The Morgan fingerprint density at radius 1 is 1.00 bits per heavy atom. The van der Waals surface area contributed by atoms with Gasteiger partial charge in [-0.3, -0.25) is 0 Å². The Labute approximate surface area is 102 Å². The quantitative estimate of drug-likeness (QED) is 0.630. The van der Waals surface area contributed by atoms with Crippen LogP contribution in [0.4, 0.5) is 14.5 Å². The van der Waals surface area contributed by atoms with Crippen LogP contribution in [0.25, 0.3) is 22.2 Å². The third kappa shape index (κ3) is 1.72. The van der Waals surface area contributed by atoms with E-state index in [9.17, 15) is 8.78 Å². The van der Waals surface area contributed by atoms with Gasteiger partial charge in [0.05, 0.1) is 5.69 Å². The second kappa shape index (κ2) is 3.84. The highest BCUT2D eigenvalue weighted by atomic mass is 19.1. The van der Waals surface area contributed by atoms with Crippen LogP contribution >= 0.6 is 0 Å². The Hall–Kier alpha value is -2.36. The number of hydrogen-bond acceptors (Lipinski definition) is 1. The number of hydrogen-bond donors (Lipinski definition) is 2. The van der Waals surface area contributed by atoms with Crippen LogP contribution in [0.1, 0.15) is 0 Å². The fourth-order valence-electron chi connectivity index (χ4n) is 1.98. The molecule has 1 heterocycles. The van der Waals surface area contributed by atoms with Gasteiger partial charge in [0, 0.05) is 28.2 Å². The zero-order valence-corrected chi connectivity index (χ0v) is 9.37. The first-order valence-electron chi connectivity index (χ1n) is 5.47. The van der Waals surface area contributed by atoms with Gasteiger partial charge in [0.25, 0.3) is 0 Å². The molecule has 0 aliphatic heterocycles. The lowest BCUT2D eigenvalue weighted by Crippen LogP contribution is -1.88. The van der Waals surface area contributed by atoms with Gasteiger partial charge in [0.15, 0.2) is 0 Å². The van der Waals surface area contributed by atoms with Crippen molar-refractivity contribution in [2.24, 2.45) is 0 Å². The van der Waals surface area contributed by atoms with Crippen LogP contribution in [0.5, 0.6) is 0 Å². The number of fused-ring (bicyclic) bond motifs is 1. The first-order valence-corrected chi connectivity index (χ1v) is 5.47. The van der Waals surface area contributed by atoms with E-state index < -0.39 is 5.82 Å². The van der Waals surface area contributed by atoms with Crippen molar-refractivity contribution >= 4 is 16.6 Å². The van der Waals surface area contributed by atoms with Gasteiger partial charge in [-0.25, -0.2) is 8.78 Å². The summed E-state index contributed by atoms with van der Waals surface area (Å²) in [6.45, 7) is 0. The fraction of sp³-hybridized carbons (Fsp3) is 0. The number of nitrogens with one attached hydrogen (secondary N) is 1. The third-order valence-electron chi connectivity index (χ3n) is 2.87. The highest BCUT2D eigenvalue weighted by molar-refractivity contribution is 5.88. The van der Waals surface area contributed by atoms with Crippen molar-refractivity contribution in [3.8, 4) is 11.3 Å². The summed E-state index contributed by atoms with van der Waals surface area (Å²) in [5, 5.41) is 0.799. The molecule has 0 fully saturated rings. The molecule has 0 aliphatic carbocycles. The Kier molecular flexibility index (Phi) is 2.30. The van der Waals surface area contributed by atoms with Gasteiger partial charge in [-0.2, -0.15) is 0 Å². The number of aromatic nitrogens is 1. The predicted molar refractivity (Wildman–Crippen MR) is 68.1 cm³/mol. The number of nitrogen functional groups attached to an aromatic ring is 1. The van der Waals surface area contributed by atoms with Crippen molar-refractivity contribution in [1.82, 2.24) is 4.98 Å². The number of H-pyrrole nitrogens is 1. The lowest BCUT2D eigenvalue weighted by atomic mass is 10.1. The maximum absolute atomic E-state index is 13.3. The van der Waals surface area contributed by atoms with Gasteiger partial charge < -0.3 is 10.7 Å². The highest BCUT2D eigenvalue weighted by Crippen LogP contribution is 2.27. The van der Waals surface area contributed by atoms with Crippen molar-refractivity contribution in [2.45, 2.75) is 0 Å². The number of anilines is 1. The molecule has 0 spiro atoms. The van der Waals surface area contributed by atoms with E-state index in [1.54, 1.807) is 18.2 Å². The minimum absolute atomic E-state index is 0.104. The van der Waals surface area contributed by atoms with Crippen molar-refractivity contribution in [3.05, 3.63) is 54.1 Å². The van der Waals surface area contributed by atoms with Crippen molar-refractivity contribution in [3.63, 3.8) is 0 Å². The molecule has 0 atom stereocenters. The van der Waals surface area contributed by atoms with Crippen LogP contribution in [0.2, 0.25) is 0 Å². The third-order valence-corrected chi connectivity index (χ3v) is 2.87. The second-order valence-electron chi connectivity index (χ2n) is 4.15. The summed E-state index contributed by atoms with van der Waals surface area (Å²) in [4.78, 5) is 3.04. The van der Waals surface area contributed by atoms with Gasteiger partial charge in [-0.15, -0.1) is 0 Å². The lowest BCUT2D eigenvalue weighted by Gasteiger charge is -1.97. The number of aromatic amines is 1. The average Bonchev–Trinajstić information content (AvgIpc) is 2.73. The molecule has 0 unspecified atom stereocenters. The predicted octanol–water partition coefficient (Wildman–Crippen LogP) is 3.70. The van der Waals surface area contributed by atoms with Crippen LogP contribution < -0.4 is 5.73 Å². The first kappa shape index (κ1) is 10.8. The molecule has 4 heteroatoms. The zero-order chi connectivity index (χ0) is 12.7. The van der Waals surface area contributed by atoms with Gasteiger partial charge in [0.2, 0.25) is 0 Å². The van der Waals surface area contributed by atoms with Gasteiger partial charge in [-0.05, 0) is 24.3 Å². The molecule has 0 saturated carbocycles. The van der Waals surface area contributed by atoms with Crippen LogP contribution in [-0.2, 0) is 0 Å². The standard InChI is InChI=1S/C14H10F2N2/c15-10-3-1-2-8(4-10)13-6-9-5-12(17)11(16)7-14(9)18-13/h1-7,18H,17H2. The molecule has 0 amide bonds. The second-order valence-corrected chi connectivity index (χ2v) is 4.15. The Morgan fingerprint density at radius 3 is 2.61 bits per heavy atom. The summed E-state index contributed by atoms with van der Waals surface area (Å²) < 4.78 is 26.5. The maximum Gasteiger partial charge on any atom is 0.148 e. The zero-order valence-electron chi connectivity index (χ0n) is 9.37. The number of benzene rings is 2. The Morgan fingerprint density at radius 2 is 1.83 bits per heavy atom. The van der Waals surface area contributed by atoms with Crippen LogP contribution in [0, 0.1) is 11.6 Å². The molecule has 18 heavy (non-hydrogen) atoms. The van der Waals surface area contributed by atoms with Gasteiger partial charge in [0.1, 0.15) is 11.6 Å². The van der Waals surface area contributed by atoms with Crippen LogP contribution in [0.3, 0.4) is 0 Å². The fourth-order valence-corrected chi connectivity index (χ4v) is 1.98. The number of rotatable bonds is 1. The number of nitrogens with two attached hydrogens (primary N) is 1. The molecule has 2 aromatic carbocycles. The summed E-state index contributed by atoms with van der Waals surface area (Å²) in [7, 11) is 0. The SMILES string of the molecule is Nc1cc2cc(-c3cccc(F)c3)[nH]c2cc1F. The topological polar surface area (TPSA) is 41.8 Å². The van der Waals surface area contributed by atoms with Gasteiger partial charge >= 0.3 is 0 Å². The smallest absolute Gasteiger partial charge is 0.148 e. The van der Waals surface area contributed by atoms with E-state index in [1.807, 2.05) is 6.07 Å². The van der Waals surface area contributed by atoms with Crippen molar-refractivity contribution < 1.29 is 8.78 Å². The molecule has 0 aliphatic rings. The normalized spacial score (nSPS) is 11.0. The van der Waals surface area contributed by atoms with E-state index in [4.69, 9.17) is 5.73 Å². The minimum Gasteiger partial charge on any atom is -0.396 e. The Bertz CT molecular complexity index is 693.